The standard InChI is InChI=1S/C11H17NOS/c1-4-11(13-7-1)5-6-12-10-3-2-8-14-9-10/h1,4,7,10,12H,2-3,5-6,8-9H2. The molecular formula is C11H17NOS. The Labute approximate surface area is 89.4 Å². The maximum atomic E-state index is 5.28. The fourth-order valence-corrected chi connectivity index (χ4v) is 2.86. The van der Waals surface area contributed by atoms with E-state index in [1.807, 2.05) is 12.1 Å². The first kappa shape index (κ1) is 10.1. The smallest absolute Gasteiger partial charge is 0.105 e. The van der Waals surface area contributed by atoms with Crippen LogP contribution in [-0.4, -0.2) is 24.1 Å². The van der Waals surface area contributed by atoms with Crippen molar-refractivity contribution in [3.8, 4) is 0 Å². The van der Waals surface area contributed by atoms with Crippen LogP contribution in [0.1, 0.15) is 18.6 Å². The van der Waals surface area contributed by atoms with E-state index in [1.54, 1.807) is 6.26 Å². The van der Waals surface area contributed by atoms with Gasteiger partial charge in [-0.25, -0.2) is 0 Å². The van der Waals surface area contributed by atoms with E-state index in [4.69, 9.17) is 4.42 Å². The minimum Gasteiger partial charge on any atom is -0.469 e. The third-order valence-electron chi connectivity index (χ3n) is 2.54. The van der Waals surface area contributed by atoms with E-state index >= 15 is 0 Å². The summed E-state index contributed by atoms with van der Waals surface area (Å²) >= 11 is 2.06. The summed E-state index contributed by atoms with van der Waals surface area (Å²) in [5.41, 5.74) is 0. The van der Waals surface area contributed by atoms with Gasteiger partial charge in [0.15, 0.2) is 0 Å². The van der Waals surface area contributed by atoms with Crippen LogP contribution in [0, 0.1) is 0 Å². The Morgan fingerprint density at radius 3 is 3.29 bits per heavy atom. The Hall–Kier alpha value is -0.410. The second-order valence-corrected chi connectivity index (χ2v) is 4.85. The topological polar surface area (TPSA) is 25.2 Å². The fraction of sp³-hybridized carbons (Fsp3) is 0.636. The maximum absolute atomic E-state index is 5.28. The molecule has 1 aliphatic rings. The molecule has 0 saturated carbocycles. The van der Waals surface area contributed by atoms with Crippen LogP contribution >= 0.6 is 11.8 Å². The molecule has 78 valence electrons. The highest BCUT2D eigenvalue weighted by molar-refractivity contribution is 7.99. The van der Waals surface area contributed by atoms with Crippen LogP contribution in [0.15, 0.2) is 22.8 Å². The third-order valence-corrected chi connectivity index (χ3v) is 3.76. The minimum atomic E-state index is 0.726. The molecule has 1 aromatic heterocycles. The molecule has 1 aromatic rings. The van der Waals surface area contributed by atoms with Crippen LogP contribution in [0.5, 0.6) is 0 Å². The Morgan fingerprint density at radius 2 is 2.57 bits per heavy atom. The maximum Gasteiger partial charge on any atom is 0.105 e. The molecule has 1 fully saturated rings. The lowest BCUT2D eigenvalue weighted by Gasteiger charge is -2.22. The summed E-state index contributed by atoms with van der Waals surface area (Å²) in [5, 5.41) is 3.58. The molecule has 0 amide bonds. The van der Waals surface area contributed by atoms with Crippen LogP contribution in [-0.2, 0) is 6.42 Å². The Morgan fingerprint density at radius 1 is 1.57 bits per heavy atom. The first-order chi connectivity index (χ1) is 6.95. The number of hydrogen-bond donors (Lipinski definition) is 1. The molecular weight excluding hydrogens is 194 g/mol. The lowest BCUT2D eigenvalue weighted by molar-refractivity contribution is 0.469. The summed E-state index contributed by atoms with van der Waals surface area (Å²) in [7, 11) is 0. The van der Waals surface area contributed by atoms with Crippen LogP contribution < -0.4 is 5.32 Å². The quantitative estimate of drug-likeness (QED) is 0.827. The molecule has 0 bridgehead atoms. The van der Waals surface area contributed by atoms with Crippen molar-refractivity contribution in [2.24, 2.45) is 0 Å². The van der Waals surface area contributed by atoms with E-state index in [1.165, 1.54) is 24.3 Å². The predicted molar refractivity (Wildman–Crippen MR) is 60.8 cm³/mol. The van der Waals surface area contributed by atoms with Gasteiger partial charge in [0.2, 0.25) is 0 Å². The third kappa shape index (κ3) is 3.07. The number of thioether (sulfide) groups is 1. The van der Waals surface area contributed by atoms with Crippen LogP contribution in [0.2, 0.25) is 0 Å². The van der Waals surface area contributed by atoms with E-state index in [9.17, 15) is 0 Å². The number of furan rings is 1. The SMILES string of the molecule is c1coc(CCNC2CCCSC2)c1. The largest absolute Gasteiger partial charge is 0.469 e. The second kappa shape index (κ2) is 5.47. The predicted octanol–water partition coefficient (Wildman–Crippen LogP) is 2.31. The van der Waals surface area contributed by atoms with Crippen molar-refractivity contribution in [2.75, 3.05) is 18.1 Å². The van der Waals surface area contributed by atoms with Gasteiger partial charge in [-0.2, -0.15) is 11.8 Å². The zero-order chi connectivity index (χ0) is 9.64. The molecule has 1 unspecified atom stereocenters. The summed E-state index contributed by atoms with van der Waals surface area (Å²) in [4.78, 5) is 0. The molecule has 0 aliphatic carbocycles. The average molecular weight is 211 g/mol. The van der Waals surface area contributed by atoms with E-state index in [-0.39, 0.29) is 0 Å². The zero-order valence-corrected chi connectivity index (χ0v) is 9.19. The molecule has 1 saturated heterocycles. The highest BCUT2D eigenvalue weighted by Gasteiger charge is 2.12. The molecule has 2 nitrogen and oxygen atoms in total. The molecule has 0 radical (unpaired) electrons. The normalized spacial score (nSPS) is 22.4. The van der Waals surface area contributed by atoms with Crippen LogP contribution in [0.25, 0.3) is 0 Å². The molecule has 0 spiro atoms. The minimum absolute atomic E-state index is 0.726. The van der Waals surface area contributed by atoms with Crippen molar-refractivity contribution in [2.45, 2.75) is 25.3 Å². The Bertz CT molecular complexity index is 242. The first-order valence-electron chi connectivity index (χ1n) is 5.28. The van der Waals surface area contributed by atoms with Gasteiger partial charge in [-0.15, -0.1) is 0 Å². The van der Waals surface area contributed by atoms with Gasteiger partial charge in [0.25, 0.3) is 0 Å². The molecule has 2 heterocycles. The molecule has 3 heteroatoms. The molecule has 1 aliphatic heterocycles. The van der Waals surface area contributed by atoms with Gasteiger partial charge < -0.3 is 9.73 Å². The van der Waals surface area contributed by atoms with Gasteiger partial charge in [-0.05, 0) is 30.7 Å². The number of rotatable bonds is 4. The van der Waals surface area contributed by atoms with E-state index in [0.29, 0.717) is 0 Å². The van der Waals surface area contributed by atoms with E-state index < -0.39 is 0 Å². The lowest BCUT2D eigenvalue weighted by atomic mass is 10.2. The van der Waals surface area contributed by atoms with Gasteiger partial charge >= 0.3 is 0 Å². The summed E-state index contributed by atoms with van der Waals surface area (Å²) in [6.07, 6.45) is 5.45. The summed E-state index contributed by atoms with van der Waals surface area (Å²) < 4.78 is 5.28. The molecule has 1 atom stereocenters. The van der Waals surface area contributed by atoms with Gasteiger partial charge in [0.05, 0.1) is 6.26 Å². The van der Waals surface area contributed by atoms with Crippen molar-refractivity contribution < 1.29 is 4.42 Å². The van der Waals surface area contributed by atoms with Crippen molar-refractivity contribution in [3.63, 3.8) is 0 Å². The van der Waals surface area contributed by atoms with Crippen LogP contribution in [0.3, 0.4) is 0 Å². The average Bonchev–Trinajstić information content (AvgIpc) is 2.72. The fourth-order valence-electron chi connectivity index (χ4n) is 1.76. The number of nitrogens with one attached hydrogen (secondary N) is 1. The molecule has 0 aromatic carbocycles. The van der Waals surface area contributed by atoms with Crippen LogP contribution in [0.4, 0.5) is 0 Å². The summed E-state index contributed by atoms with van der Waals surface area (Å²) in [5.74, 6) is 3.70. The highest BCUT2D eigenvalue weighted by atomic mass is 32.2. The molecule has 1 N–H and O–H groups in total. The zero-order valence-electron chi connectivity index (χ0n) is 8.37. The van der Waals surface area contributed by atoms with Gasteiger partial charge in [0.1, 0.15) is 5.76 Å². The summed E-state index contributed by atoms with van der Waals surface area (Å²) in [6, 6.07) is 4.71. The van der Waals surface area contributed by atoms with E-state index in [2.05, 4.69) is 17.1 Å². The molecule has 14 heavy (non-hydrogen) atoms. The van der Waals surface area contributed by atoms with Crippen molar-refractivity contribution >= 4 is 11.8 Å². The lowest BCUT2D eigenvalue weighted by Crippen LogP contribution is -2.35. The van der Waals surface area contributed by atoms with Crippen molar-refractivity contribution in [3.05, 3.63) is 24.2 Å². The van der Waals surface area contributed by atoms with Crippen molar-refractivity contribution in [1.29, 1.82) is 0 Å². The monoisotopic (exact) mass is 211 g/mol. The first-order valence-corrected chi connectivity index (χ1v) is 6.44. The number of hydrogen-bond acceptors (Lipinski definition) is 3. The van der Waals surface area contributed by atoms with Gasteiger partial charge in [0, 0.05) is 24.8 Å². The van der Waals surface area contributed by atoms with Gasteiger partial charge in [-0.1, -0.05) is 0 Å². The highest BCUT2D eigenvalue weighted by Crippen LogP contribution is 2.16. The van der Waals surface area contributed by atoms with Gasteiger partial charge in [-0.3, -0.25) is 0 Å². The van der Waals surface area contributed by atoms with Crippen molar-refractivity contribution in [1.82, 2.24) is 5.32 Å². The second-order valence-electron chi connectivity index (χ2n) is 3.70. The summed E-state index contributed by atoms with van der Waals surface area (Å²) in [6.45, 7) is 1.04. The van der Waals surface area contributed by atoms with E-state index in [0.717, 1.165) is 24.8 Å². The molecule has 2 rings (SSSR count). The Balaban J connectivity index is 1.62. The Kier molecular flexibility index (Phi) is 3.95.